The number of thiophene rings is 1. The molecule has 2 heterocycles. The van der Waals surface area contributed by atoms with Crippen molar-refractivity contribution < 1.29 is 18.7 Å². The molecular formula is C28H30ClFN2O3S. The second-order valence-corrected chi connectivity index (χ2v) is 10.9. The lowest BCUT2D eigenvalue weighted by molar-refractivity contribution is -0.135. The van der Waals surface area contributed by atoms with Crippen LogP contribution in [0.4, 0.5) is 4.39 Å². The van der Waals surface area contributed by atoms with Crippen molar-refractivity contribution in [3.8, 4) is 5.75 Å². The van der Waals surface area contributed by atoms with E-state index in [1.807, 2.05) is 49.3 Å². The average Bonchev–Trinajstić information content (AvgIpc) is 3.32. The highest BCUT2D eigenvalue weighted by atomic mass is 35.5. The van der Waals surface area contributed by atoms with E-state index in [9.17, 15) is 14.0 Å². The first-order valence-electron chi connectivity index (χ1n) is 12.0. The first kappa shape index (κ1) is 26.2. The van der Waals surface area contributed by atoms with Gasteiger partial charge in [0.25, 0.3) is 5.91 Å². The van der Waals surface area contributed by atoms with Gasteiger partial charge in [0.1, 0.15) is 24.7 Å². The Labute approximate surface area is 220 Å². The standard InChI is InChI=1S/C28H30ClFN2O3S/c1-18(2)15-31(28(34)20-5-4-6-21(30)14-20)16-27(33)32-11-9-26-23(10-12-36-26)25(32)17-35-22-7-8-24(29)19(3)13-22/h4-8,10,12-14,18,25H,9,11,15-17H2,1-3H3. The fourth-order valence-corrected chi connectivity index (χ4v) is 5.52. The van der Waals surface area contributed by atoms with Crippen molar-refractivity contribution in [2.45, 2.75) is 33.2 Å². The lowest BCUT2D eigenvalue weighted by Gasteiger charge is -2.37. The summed E-state index contributed by atoms with van der Waals surface area (Å²) in [6.45, 7) is 7.04. The van der Waals surface area contributed by atoms with Gasteiger partial charge >= 0.3 is 0 Å². The Morgan fingerprint density at radius 1 is 1.22 bits per heavy atom. The molecule has 8 heteroatoms. The Morgan fingerprint density at radius 3 is 2.75 bits per heavy atom. The van der Waals surface area contributed by atoms with E-state index in [1.54, 1.807) is 23.5 Å². The van der Waals surface area contributed by atoms with Crippen LogP contribution in [0.1, 0.15) is 46.3 Å². The number of carbonyl (C=O) groups is 2. The van der Waals surface area contributed by atoms with Gasteiger partial charge in [0, 0.05) is 28.6 Å². The number of ether oxygens (including phenoxy) is 1. The van der Waals surface area contributed by atoms with Crippen LogP contribution in [0.5, 0.6) is 5.75 Å². The fraction of sp³-hybridized carbons (Fsp3) is 0.357. The van der Waals surface area contributed by atoms with Gasteiger partial charge < -0.3 is 14.5 Å². The second kappa shape index (κ2) is 11.4. The number of aryl methyl sites for hydroxylation is 1. The molecule has 1 aromatic heterocycles. The van der Waals surface area contributed by atoms with Crippen molar-refractivity contribution >= 4 is 34.8 Å². The zero-order chi connectivity index (χ0) is 25.8. The zero-order valence-corrected chi connectivity index (χ0v) is 22.2. The summed E-state index contributed by atoms with van der Waals surface area (Å²) in [5.41, 5.74) is 2.24. The highest BCUT2D eigenvalue weighted by Crippen LogP contribution is 2.34. The van der Waals surface area contributed by atoms with E-state index < -0.39 is 5.82 Å². The molecule has 0 fully saturated rings. The third-order valence-corrected chi connectivity index (χ3v) is 7.64. The van der Waals surface area contributed by atoms with Crippen molar-refractivity contribution in [3.05, 3.63) is 86.3 Å². The Kier molecular flexibility index (Phi) is 8.32. The number of halogens is 2. The van der Waals surface area contributed by atoms with Crippen LogP contribution < -0.4 is 4.74 Å². The Balaban J connectivity index is 1.54. The number of rotatable bonds is 8. The summed E-state index contributed by atoms with van der Waals surface area (Å²) in [7, 11) is 0. The van der Waals surface area contributed by atoms with Gasteiger partial charge in [-0.3, -0.25) is 9.59 Å². The predicted octanol–water partition coefficient (Wildman–Crippen LogP) is 6.15. The van der Waals surface area contributed by atoms with Crippen LogP contribution in [0.3, 0.4) is 0 Å². The van der Waals surface area contributed by atoms with Gasteiger partial charge in [-0.05, 0) is 78.2 Å². The van der Waals surface area contributed by atoms with Crippen molar-refractivity contribution in [1.82, 2.24) is 9.80 Å². The lowest BCUT2D eigenvalue weighted by Crippen LogP contribution is -2.48. The lowest BCUT2D eigenvalue weighted by atomic mass is 10.00. The molecule has 0 saturated heterocycles. The highest BCUT2D eigenvalue weighted by molar-refractivity contribution is 7.10. The van der Waals surface area contributed by atoms with Crippen molar-refractivity contribution in [1.29, 1.82) is 0 Å². The smallest absolute Gasteiger partial charge is 0.254 e. The molecule has 0 N–H and O–H groups in total. The third kappa shape index (κ3) is 6.08. The number of hydrogen-bond acceptors (Lipinski definition) is 4. The molecule has 1 aliphatic heterocycles. The summed E-state index contributed by atoms with van der Waals surface area (Å²) in [5, 5.41) is 2.71. The summed E-state index contributed by atoms with van der Waals surface area (Å²) in [5.74, 6) is -0.151. The largest absolute Gasteiger partial charge is 0.491 e. The normalized spacial score (nSPS) is 15.1. The minimum absolute atomic E-state index is 0.0798. The monoisotopic (exact) mass is 528 g/mol. The van der Waals surface area contributed by atoms with Gasteiger partial charge in [0.15, 0.2) is 0 Å². The van der Waals surface area contributed by atoms with Crippen LogP contribution >= 0.6 is 22.9 Å². The highest BCUT2D eigenvalue weighted by Gasteiger charge is 2.34. The maximum atomic E-state index is 13.8. The van der Waals surface area contributed by atoms with E-state index in [4.69, 9.17) is 16.3 Å². The molecule has 2 aromatic carbocycles. The summed E-state index contributed by atoms with van der Waals surface area (Å²) in [4.78, 5) is 31.4. The van der Waals surface area contributed by atoms with Crippen molar-refractivity contribution in [3.63, 3.8) is 0 Å². The van der Waals surface area contributed by atoms with Crippen LogP contribution in [0.2, 0.25) is 5.02 Å². The van der Waals surface area contributed by atoms with E-state index in [1.165, 1.54) is 28.0 Å². The molecule has 0 radical (unpaired) electrons. The number of nitrogens with zero attached hydrogens (tertiary/aromatic N) is 2. The Morgan fingerprint density at radius 2 is 2.03 bits per heavy atom. The molecule has 36 heavy (non-hydrogen) atoms. The van der Waals surface area contributed by atoms with Gasteiger partial charge in [0.05, 0.1) is 6.04 Å². The molecule has 190 valence electrons. The van der Waals surface area contributed by atoms with Crippen LogP contribution in [0, 0.1) is 18.7 Å². The quantitative estimate of drug-likeness (QED) is 0.352. The first-order chi connectivity index (χ1) is 17.2. The van der Waals surface area contributed by atoms with E-state index in [0.717, 1.165) is 17.5 Å². The van der Waals surface area contributed by atoms with Gasteiger partial charge in [-0.2, -0.15) is 0 Å². The number of fused-ring (bicyclic) bond motifs is 1. The molecule has 2 amide bonds. The van der Waals surface area contributed by atoms with Gasteiger partial charge in [0.2, 0.25) is 5.91 Å². The molecule has 0 aliphatic carbocycles. The second-order valence-electron chi connectivity index (χ2n) is 9.46. The molecule has 5 nitrogen and oxygen atoms in total. The minimum atomic E-state index is -0.479. The molecule has 4 rings (SSSR count). The third-order valence-electron chi connectivity index (χ3n) is 6.22. The van der Waals surface area contributed by atoms with Crippen LogP contribution in [0.25, 0.3) is 0 Å². The van der Waals surface area contributed by atoms with Crippen LogP contribution in [0.15, 0.2) is 53.9 Å². The molecule has 1 atom stereocenters. The average molecular weight is 529 g/mol. The Hall–Kier alpha value is -2.90. The maximum Gasteiger partial charge on any atom is 0.254 e. The van der Waals surface area contributed by atoms with E-state index in [0.29, 0.717) is 30.5 Å². The zero-order valence-electron chi connectivity index (χ0n) is 20.7. The first-order valence-corrected chi connectivity index (χ1v) is 13.3. The SMILES string of the molecule is Cc1cc(OCC2c3ccsc3CCN2C(=O)CN(CC(C)C)C(=O)c2cccc(F)c2)ccc1Cl. The molecule has 3 aromatic rings. The van der Waals surface area contributed by atoms with E-state index in [-0.39, 0.29) is 35.9 Å². The summed E-state index contributed by atoms with van der Waals surface area (Å²) >= 11 is 7.83. The summed E-state index contributed by atoms with van der Waals surface area (Å²) in [6, 6.07) is 12.9. The maximum absolute atomic E-state index is 13.8. The van der Waals surface area contributed by atoms with Gasteiger partial charge in [-0.15, -0.1) is 11.3 Å². The molecule has 0 spiro atoms. The molecule has 1 unspecified atom stereocenters. The molecular weight excluding hydrogens is 499 g/mol. The number of hydrogen-bond donors (Lipinski definition) is 0. The van der Waals surface area contributed by atoms with Crippen LogP contribution in [-0.4, -0.2) is 47.9 Å². The predicted molar refractivity (Wildman–Crippen MR) is 141 cm³/mol. The molecule has 0 bridgehead atoms. The van der Waals surface area contributed by atoms with E-state index >= 15 is 0 Å². The summed E-state index contributed by atoms with van der Waals surface area (Å²) < 4.78 is 19.9. The summed E-state index contributed by atoms with van der Waals surface area (Å²) in [6.07, 6.45) is 0.761. The number of benzene rings is 2. The van der Waals surface area contributed by atoms with Crippen molar-refractivity contribution in [2.24, 2.45) is 5.92 Å². The van der Waals surface area contributed by atoms with Gasteiger partial charge in [-0.1, -0.05) is 31.5 Å². The molecule has 1 aliphatic rings. The van der Waals surface area contributed by atoms with Crippen LogP contribution in [-0.2, 0) is 11.2 Å². The fourth-order valence-electron chi connectivity index (χ4n) is 4.47. The topological polar surface area (TPSA) is 49.9 Å². The number of amides is 2. The van der Waals surface area contributed by atoms with Crippen molar-refractivity contribution in [2.75, 3.05) is 26.2 Å². The van der Waals surface area contributed by atoms with Gasteiger partial charge in [-0.25, -0.2) is 4.39 Å². The molecule has 0 saturated carbocycles. The van der Waals surface area contributed by atoms with E-state index in [2.05, 4.69) is 0 Å². The number of carbonyl (C=O) groups excluding carboxylic acids is 2. The minimum Gasteiger partial charge on any atom is -0.491 e. The Bertz CT molecular complexity index is 1250.